The molecule has 1 amide bonds. The van der Waals surface area contributed by atoms with Gasteiger partial charge >= 0.3 is 0 Å². The number of carbonyl (C=O) groups excluding carboxylic acids is 1. The minimum Gasteiger partial charge on any atom is -0.476 e. The summed E-state index contributed by atoms with van der Waals surface area (Å²) in [6.07, 6.45) is 2.14. The highest BCUT2D eigenvalue weighted by Crippen LogP contribution is 2.61. The molecule has 11 heteroatoms. The van der Waals surface area contributed by atoms with Crippen molar-refractivity contribution in [3.8, 4) is 5.88 Å². The van der Waals surface area contributed by atoms with Gasteiger partial charge in [-0.1, -0.05) is 41.4 Å². The molecule has 8 rings (SSSR count). The summed E-state index contributed by atoms with van der Waals surface area (Å²) in [6.45, 7) is 1.26. The number of fused-ring (bicyclic) bond motifs is 6. The fourth-order valence-electron chi connectivity index (χ4n) is 7.35. The van der Waals surface area contributed by atoms with Gasteiger partial charge in [-0.3, -0.25) is 9.69 Å². The minimum absolute atomic E-state index is 0.000270. The van der Waals surface area contributed by atoms with Crippen LogP contribution in [0.5, 0.6) is 5.88 Å². The fourth-order valence-corrected chi connectivity index (χ4v) is 8.05. The van der Waals surface area contributed by atoms with Crippen molar-refractivity contribution in [3.63, 3.8) is 0 Å². The molecule has 3 aliphatic heterocycles. The second-order valence-corrected chi connectivity index (χ2v) is 13.1. The van der Waals surface area contributed by atoms with E-state index in [-0.39, 0.29) is 29.5 Å². The molecule has 4 heterocycles. The van der Waals surface area contributed by atoms with Crippen LogP contribution in [0.1, 0.15) is 29.9 Å². The van der Waals surface area contributed by atoms with E-state index in [0.717, 1.165) is 18.4 Å². The van der Waals surface area contributed by atoms with E-state index in [0.29, 0.717) is 56.5 Å². The molecule has 1 saturated carbocycles. The molecule has 6 nitrogen and oxygen atoms in total. The van der Waals surface area contributed by atoms with E-state index in [4.69, 9.17) is 33.0 Å². The largest absolute Gasteiger partial charge is 0.476 e. The topological polar surface area (TPSA) is 59.4 Å². The van der Waals surface area contributed by atoms with Gasteiger partial charge in [0.1, 0.15) is 23.8 Å². The highest BCUT2D eigenvalue weighted by Gasteiger charge is 2.68. The number of amides is 1. The van der Waals surface area contributed by atoms with Gasteiger partial charge in [0.15, 0.2) is 0 Å². The lowest BCUT2D eigenvalue weighted by molar-refractivity contribution is -0.128. The van der Waals surface area contributed by atoms with Crippen molar-refractivity contribution in [1.82, 2.24) is 14.7 Å². The smallest absolute Gasteiger partial charge is 0.250 e. The van der Waals surface area contributed by atoms with Crippen molar-refractivity contribution in [2.24, 2.45) is 11.8 Å². The molecule has 1 aromatic heterocycles. The Hall–Kier alpha value is -2.72. The van der Waals surface area contributed by atoms with Crippen LogP contribution in [0.25, 0.3) is 10.9 Å². The maximum absolute atomic E-state index is 16.1. The lowest BCUT2D eigenvalue weighted by Crippen LogP contribution is -2.53. The third-order valence-electron chi connectivity index (χ3n) is 9.19. The first-order chi connectivity index (χ1) is 19.8. The average Bonchev–Trinajstić information content (AvgIpc) is 3.61. The van der Waals surface area contributed by atoms with E-state index in [9.17, 15) is 9.18 Å². The lowest BCUT2D eigenvalue weighted by atomic mass is 9.71. The number of ether oxygens (including phenoxy) is 1. The number of rotatable bonds is 3. The summed E-state index contributed by atoms with van der Waals surface area (Å²) in [5, 5.41) is 8.97. The zero-order valence-electron chi connectivity index (χ0n) is 21.5. The summed E-state index contributed by atoms with van der Waals surface area (Å²) in [6, 6.07) is 13.2. The Kier molecular flexibility index (Phi) is 5.78. The lowest BCUT2D eigenvalue weighted by Gasteiger charge is -2.40. The molecule has 1 aliphatic carbocycles. The fraction of sp³-hybridized carbons (Fsp3) is 0.333. The molecule has 0 radical (unpaired) electrons. The quantitative estimate of drug-likeness (QED) is 0.255. The highest BCUT2D eigenvalue weighted by molar-refractivity contribution is 9.10. The zero-order chi connectivity index (χ0) is 28.2. The molecule has 1 N–H and O–H groups in total. The monoisotopic (exact) mass is 658 g/mol. The van der Waals surface area contributed by atoms with Crippen molar-refractivity contribution >= 4 is 61.6 Å². The van der Waals surface area contributed by atoms with E-state index in [1.165, 1.54) is 12.1 Å². The third-order valence-corrected chi connectivity index (χ3v) is 10.3. The molecule has 1 saturated heterocycles. The first kappa shape index (κ1) is 25.9. The Balaban J connectivity index is 1.38. The van der Waals surface area contributed by atoms with Crippen molar-refractivity contribution in [3.05, 3.63) is 85.8 Å². The van der Waals surface area contributed by atoms with Gasteiger partial charge in [0.05, 0.1) is 26.4 Å². The molecule has 41 heavy (non-hydrogen) atoms. The molecular weight excluding hydrogens is 637 g/mol. The van der Waals surface area contributed by atoms with Crippen molar-refractivity contribution in [1.29, 1.82) is 0 Å². The Morgan fingerprint density at radius 1 is 1.15 bits per heavy atom. The maximum atomic E-state index is 16.1. The summed E-state index contributed by atoms with van der Waals surface area (Å²) in [7, 11) is 0. The SMILES string of the molecule is O=C1Nc2cc(Cl)ccc2[C@@]12[C@@H](c1cccc(Cl)c1F)[C@@H]1Cn3nc4cc(F)c(Br)cc4c3OC[C@@H]1N2CC1CC1. The Labute approximate surface area is 252 Å². The molecule has 210 valence electrons. The number of benzene rings is 3. The number of halogens is 5. The number of hydrogen-bond acceptors (Lipinski definition) is 4. The molecule has 3 aromatic carbocycles. The summed E-state index contributed by atoms with van der Waals surface area (Å²) in [5.74, 6) is -1.14. The van der Waals surface area contributed by atoms with Crippen LogP contribution in [0.2, 0.25) is 10.0 Å². The van der Waals surface area contributed by atoms with Crippen LogP contribution in [0.4, 0.5) is 14.5 Å². The Bertz CT molecular complexity index is 1780. The van der Waals surface area contributed by atoms with Crippen LogP contribution < -0.4 is 10.1 Å². The summed E-state index contributed by atoms with van der Waals surface area (Å²) < 4.78 is 39.0. The van der Waals surface area contributed by atoms with Gasteiger partial charge in [-0.15, -0.1) is 0 Å². The van der Waals surface area contributed by atoms with E-state index in [2.05, 4.69) is 26.1 Å². The molecule has 4 aliphatic rings. The first-order valence-corrected chi connectivity index (χ1v) is 15.1. The maximum Gasteiger partial charge on any atom is 0.250 e. The average molecular weight is 660 g/mol. The normalized spacial score (nSPS) is 27.0. The van der Waals surface area contributed by atoms with Gasteiger partial charge in [-0.2, -0.15) is 5.10 Å². The number of nitrogens with zero attached hydrogens (tertiary/aromatic N) is 3. The van der Waals surface area contributed by atoms with Crippen LogP contribution in [0, 0.1) is 23.5 Å². The van der Waals surface area contributed by atoms with Crippen molar-refractivity contribution < 1.29 is 18.3 Å². The van der Waals surface area contributed by atoms with Gasteiger partial charge in [0.25, 0.3) is 0 Å². The predicted molar refractivity (Wildman–Crippen MR) is 156 cm³/mol. The number of hydrogen-bond donors (Lipinski definition) is 1. The molecule has 4 aromatic rings. The minimum atomic E-state index is -1.22. The second-order valence-electron chi connectivity index (χ2n) is 11.4. The van der Waals surface area contributed by atoms with Crippen LogP contribution in [-0.2, 0) is 16.9 Å². The van der Waals surface area contributed by atoms with Crippen molar-refractivity contribution in [2.45, 2.75) is 36.9 Å². The van der Waals surface area contributed by atoms with Crippen molar-refractivity contribution in [2.75, 3.05) is 18.5 Å². The molecule has 4 atom stereocenters. The number of likely N-dealkylation sites (tertiary alicyclic amines) is 1. The molecular formula is C30H23BrCl2F2N4O2. The first-order valence-electron chi connectivity index (χ1n) is 13.6. The molecule has 0 bridgehead atoms. The number of nitrogens with one attached hydrogen (secondary N) is 1. The highest BCUT2D eigenvalue weighted by atomic mass is 79.9. The molecule has 2 fully saturated rings. The van der Waals surface area contributed by atoms with E-state index in [1.54, 1.807) is 35.0 Å². The van der Waals surface area contributed by atoms with Crippen LogP contribution in [0.3, 0.4) is 0 Å². The standard InChI is InChI=1S/C30H23BrCl2F2N4O2/c31-20-9-17-23(10-22(20)34)37-39-12-18-25(13-41-28(17)39)38(11-14-4-5-14)30(26(18)16-2-1-3-21(33)27(16)35)19-7-6-15(32)8-24(19)36-29(30)40/h1-3,6-10,14,18,25-26H,4-5,11-13H2,(H,36,40)/t18-,25+,26+,30-/m1/s1. The Morgan fingerprint density at radius 2 is 1.98 bits per heavy atom. The predicted octanol–water partition coefficient (Wildman–Crippen LogP) is 7.12. The van der Waals surface area contributed by atoms with Crippen LogP contribution in [-0.4, -0.2) is 39.8 Å². The number of anilines is 1. The zero-order valence-corrected chi connectivity index (χ0v) is 24.6. The molecule has 0 unspecified atom stereocenters. The summed E-state index contributed by atoms with van der Waals surface area (Å²) >= 11 is 16.0. The van der Waals surface area contributed by atoms with Crippen LogP contribution in [0.15, 0.2) is 53.0 Å². The van der Waals surface area contributed by atoms with E-state index < -0.39 is 23.1 Å². The summed E-state index contributed by atoms with van der Waals surface area (Å²) in [5.41, 5.74) is 1.01. The molecule has 1 spiro atoms. The summed E-state index contributed by atoms with van der Waals surface area (Å²) in [4.78, 5) is 16.6. The van der Waals surface area contributed by atoms with E-state index in [1.807, 2.05) is 6.07 Å². The van der Waals surface area contributed by atoms with Gasteiger partial charge < -0.3 is 10.1 Å². The van der Waals surface area contributed by atoms with Gasteiger partial charge in [0, 0.05) is 47.3 Å². The van der Waals surface area contributed by atoms with Crippen LogP contribution >= 0.6 is 39.1 Å². The third kappa shape index (κ3) is 3.68. The van der Waals surface area contributed by atoms with Gasteiger partial charge in [-0.25, -0.2) is 13.5 Å². The number of carbonyl (C=O) groups is 1. The van der Waals surface area contributed by atoms with Gasteiger partial charge in [-0.05, 0) is 64.5 Å². The second kappa shape index (κ2) is 9.14. The van der Waals surface area contributed by atoms with Gasteiger partial charge in [0.2, 0.25) is 11.8 Å². The Morgan fingerprint density at radius 3 is 2.78 bits per heavy atom. The van der Waals surface area contributed by atoms with E-state index >= 15 is 4.39 Å². The number of aromatic nitrogens is 2.